The molecule has 0 atom stereocenters. The molecule has 0 saturated carbocycles. The van der Waals surface area contributed by atoms with Crippen LogP contribution >= 0.6 is 0 Å². The van der Waals surface area contributed by atoms with Crippen LogP contribution in [0.4, 0.5) is 0 Å². The number of hydrogen-bond acceptors (Lipinski definition) is 6. The van der Waals surface area contributed by atoms with Crippen LogP contribution in [0, 0.1) is 0 Å². The summed E-state index contributed by atoms with van der Waals surface area (Å²) in [5.74, 6) is 1.61. The largest absolute Gasteiger partial charge is 0.495 e. The van der Waals surface area contributed by atoms with Crippen molar-refractivity contribution in [3.63, 3.8) is 0 Å². The summed E-state index contributed by atoms with van der Waals surface area (Å²) in [7, 11) is -2.12. The smallest absolute Gasteiger partial charge is 0.246 e. The molecule has 1 aliphatic rings. The van der Waals surface area contributed by atoms with Gasteiger partial charge in [-0.15, -0.1) is 0 Å². The second kappa shape index (κ2) is 5.93. The number of nitrogens with zero attached hydrogens (tertiary/aromatic N) is 3. The van der Waals surface area contributed by atoms with Crippen molar-refractivity contribution < 1.29 is 17.7 Å². The predicted molar refractivity (Wildman–Crippen MR) is 82.9 cm³/mol. The van der Waals surface area contributed by atoms with E-state index in [9.17, 15) is 8.42 Å². The SMILES string of the molecule is COc1ccccc1S(=O)(=O)N1CC(c2nc(C(C)C)no2)C1. The zero-order valence-electron chi connectivity index (χ0n) is 13.3. The fourth-order valence-corrected chi connectivity index (χ4v) is 4.10. The van der Waals surface area contributed by atoms with Gasteiger partial charge in [0.15, 0.2) is 5.82 Å². The first-order chi connectivity index (χ1) is 10.9. The summed E-state index contributed by atoms with van der Waals surface area (Å²) < 4.78 is 37.1. The van der Waals surface area contributed by atoms with Crippen molar-refractivity contribution in [3.05, 3.63) is 36.0 Å². The summed E-state index contributed by atoms with van der Waals surface area (Å²) in [4.78, 5) is 4.51. The maximum absolute atomic E-state index is 12.7. The summed E-state index contributed by atoms with van der Waals surface area (Å²) in [5, 5.41) is 3.92. The van der Waals surface area contributed by atoms with Gasteiger partial charge in [-0.25, -0.2) is 8.42 Å². The van der Waals surface area contributed by atoms with E-state index in [1.165, 1.54) is 11.4 Å². The lowest BCUT2D eigenvalue weighted by Gasteiger charge is -2.36. The van der Waals surface area contributed by atoms with Gasteiger partial charge >= 0.3 is 0 Å². The molecule has 124 valence electrons. The molecule has 7 nitrogen and oxygen atoms in total. The van der Waals surface area contributed by atoms with Crippen LogP contribution in [-0.4, -0.2) is 43.1 Å². The van der Waals surface area contributed by atoms with E-state index in [4.69, 9.17) is 9.26 Å². The van der Waals surface area contributed by atoms with E-state index in [0.717, 1.165) is 0 Å². The van der Waals surface area contributed by atoms with E-state index in [1.807, 2.05) is 13.8 Å². The average molecular weight is 337 g/mol. The number of ether oxygens (including phenoxy) is 1. The fraction of sp³-hybridized carbons (Fsp3) is 0.467. The Morgan fingerprint density at radius 2 is 2.00 bits per heavy atom. The molecule has 0 amide bonds. The molecule has 1 saturated heterocycles. The third kappa shape index (κ3) is 2.84. The molecule has 0 radical (unpaired) electrons. The van der Waals surface area contributed by atoms with E-state index in [0.29, 0.717) is 30.6 Å². The third-order valence-corrected chi connectivity index (χ3v) is 5.73. The Kier molecular flexibility index (Phi) is 4.11. The highest BCUT2D eigenvalue weighted by Gasteiger charge is 2.41. The summed E-state index contributed by atoms with van der Waals surface area (Å²) in [6, 6.07) is 6.60. The topological polar surface area (TPSA) is 85.5 Å². The highest BCUT2D eigenvalue weighted by atomic mass is 32.2. The van der Waals surface area contributed by atoms with Crippen LogP contribution in [0.1, 0.15) is 37.4 Å². The molecule has 8 heteroatoms. The molecule has 0 bridgehead atoms. The van der Waals surface area contributed by atoms with Crippen molar-refractivity contribution in [1.82, 2.24) is 14.4 Å². The number of rotatable bonds is 5. The number of sulfonamides is 1. The molecular weight excluding hydrogens is 318 g/mol. The Bertz CT molecular complexity index is 795. The number of para-hydroxylation sites is 1. The van der Waals surface area contributed by atoms with Gasteiger partial charge in [-0.3, -0.25) is 0 Å². The summed E-state index contributed by atoms with van der Waals surface area (Å²) in [6.07, 6.45) is 0. The monoisotopic (exact) mass is 337 g/mol. The summed E-state index contributed by atoms with van der Waals surface area (Å²) >= 11 is 0. The van der Waals surface area contributed by atoms with Gasteiger partial charge in [0.05, 0.1) is 13.0 Å². The van der Waals surface area contributed by atoms with Gasteiger partial charge in [0.2, 0.25) is 15.9 Å². The molecule has 2 heterocycles. The minimum atomic E-state index is -3.58. The molecule has 0 unspecified atom stereocenters. The van der Waals surface area contributed by atoms with Gasteiger partial charge in [-0.2, -0.15) is 9.29 Å². The molecule has 0 spiro atoms. The van der Waals surface area contributed by atoms with Gasteiger partial charge in [0.25, 0.3) is 0 Å². The molecule has 1 fully saturated rings. The molecule has 23 heavy (non-hydrogen) atoms. The van der Waals surface area contributed by atoms with Crippen molar-refractivity contribution in [2.45, 2.75) is 30.6 Å². The van der Waals surface area contributed by atoms with E-state index in [-0.39, 0.29) is 16.7 Å². The predicted octanol–water partition coefficient (Wildman–Crippen LogP) is 1.99. The minimum absolute atomic E-state index is 0.0560. The Morgan fingerprint density at radius 3 is 2.61 bits per heavy atom. The van der Waals surface area contributed by atoms with Crippen molar-refractivity contribution in [2.24, 2.45) is 0 Å². The molecule has 3 rings (SSSR count). The molecule has 0 aliphatic carbocycles. The Balaban J connectivity index is 1.75. The lowest BCUT2D eigenvalue weighted by atomic mass is 10.0. The van der Waals surface area contributed by atoms with Crippen LogP contribution < -0.4 is 4.74 Å². The van der Waals surface area contributed by atoms with Crippen LogP contribution in [0.5, 0.6) is 5.75 Å². The van der Waals surface area contributed by atoms with Crippen molar-refractivity contribution in [2.75, 3.05) is 20.2 Å². The summed E-state index contributed by atoms with van der Waals surface area (Å²) in [6.45, 7) is 4.63. The average Bonchev–Trinajstić information content (AvgIpc) is 2.95. The molecule has 2 aromatic rings. The normalized spacial score (nSPS) is 16.5. The first-order valence-corrected chi connectivity index (χ1v) is 8.84. The molecule has 0 N–H and O–H groups in total. The molecule has 1 aromatic carbocycles. The first-order valence-electron chi connectivity index (χ1n) is 7.40. The third-order valence-electron chi connectivity index (χ3n) is 3.86. The number of aromatic nitrogens is 2. The maximum atomic E-state index is 12.7. The lowest BCUT2D eigenvalue weighted by Crippen LogP contribution is -2.48. The molecule has 1 aromatic heterocycles. The Labute approximate surface area is 135 Å². The fourth-order valence-electron chi connectivity index (χ4n) is 2.41. The van der Waals surface area contributed by atoms with Crippen molar-refractivity contribution >= 4 is 10.0 Å². The Morgan fingerprint density at radius 1 is 1.30 bits per heavy atom. The van der Waals surface area contributed by atoms with E-state index in [2.05, 4.69) is 10.1 Å². The zero-order valence-corrected chi connectivity index (χ0v) is 14.1. The van der Waals surface area contributed by atoms with E-state index < -0.39 is 10.0 Å². The van der Waals surface area contributed by atoms with Gasteiger partial charge in [-0.1, -0.05) is 31.1 Å². The zero-order chi connectivity index (χ0) is 16.6. The second-order valence-corrected chi connectivity index (χ2v) is 7.72. The van der Waals surface area contributed by atoms with Crippen LogP contribution in [0.3, 0.4) is 0 Å². The van der Waals surface area contributed by atoms with Crippen molar-refractivity contribution in [3.8, 4) is 5.75 Å². The van der Waals surface area contributed by atoms with Gasteiger partial charge in [0.1, 0.15) is 10.6 Å². The molecule has 1 aliphatic heterocycles. The van der Waals surface area contributed by atoms with Gasteiger partial charge in [-0.05, 0) is 12.1 Å². The van der Waals surface area contributed by atoms with Crippen molar-refractivity contribution in [1.29, 1.82) is 0 Å². The Hall–Kier alpha value is -1.93. The highest BCUT2D eigenvalue weighted by Crippen LogP contribution is 2.34. The number of hydrogen-bond donors (Lipinski definition) is 0. The van der Waals surface area contributed by atoms with E-state index in [1.54, 1.807) is 24.3 Å². The highest BCUT2D eigenvalue weighted by molar-refractivity contribution is 7.89. The van der Waals surface area contributed by atoms with E-state index >= 15 is 0 Å². The second-order valence-electron chi connectivity index (χ2n) is 5.82. The maximum Gasteiger partial charge on any atom is 0.246 e. The van der Waals surface area contributed by atoms with Crippen LogP contribution in [0.15, 0.2) is 33.7 Å². The standard InChI is InChI=1S/C15H19N3O4S/c1-10(2)14-16-15(22-17-14)11-8-18(9-11)23(19,20)13-7-5-4-6-12(13)21-3/h4-7,10-11H,8-9H2,1-3H3. The van der Waals surface area contributed by atoms with Crippen LogP contribution in [0.2, 0.25) is 0 Å². The van der Waals surface area contributed by atoms with Crippen LogP contribution in [-0.2, 0) is 10.0 Å². The molecular formula is C15H19N3O4S. The van der Waals surface area contributed by atoms with Gasteiger partial charge < -0.3 is 9.26 Å². The lowest BCUT2D eigenvalue weighted by molar-refractivity contribution is 0.216. The minimum Gasteiger partial charge on any atom is -0.495 e. The number of benzene rings is 1. The quantitative estimate of drug-likeness (QED) is 0.829. The summed E-state index contributed by atoms with van der Waals surface area (Å²) in [5.41, 5.74) is 0. The number of methoxy groups -OCH3 is 1. The first kappa shape index (κ1) is 15.9. The van der Waals surface area contributed by atoms with Gasteiger partial charge in [0, 0.05) is 19.0 Å². The van der Waals surface area contributed by atoms with Crippen LogP contribution in [0.25, 0.3) is 0 Å².